The van der Waals surface area contributed by atoms with Crippen LogP contribution in [-0.2, 0) is 23.8 Å². The largest absolute Gasteiger partial charge is 0.726 e. The van der Waals surface area contributed by atoms with Crippen LogP contribution in [0.5, 0.6) is 11.5 Å². The maximum atomic E-state index is 13.8. The summed E-state index contributed by atoms with van der Waals surface area (Å²) in [6, 6.07) is 16.0. The smallest absolute Gasteiger partial charge is 0.233 e. The first kappa shape index (κ1) is 39.0. The zero-order valence-corrected chi connectivity index (χ0v) is 29.8. The van der Waals surface area contributed by atoms with Gasteiger partial charge in [0.05, 0.1) is 31.3 Å². The van der Waals surface area contributed by atoms with Gasteiger partial charge in [-0.3, -0.25) is 8.98 Å². The molecule has 0 bridgehead atoms. The molecule has 0 spiro atoms. The Hall–Kier alpha value is -3.40. The molecular formula is C34H45F2N2O8SSi-. The van der Waals surface area contributed by atoms with Crippen LogP contribution < -0.4 is 15.8 Å². The maximum absolute atomic E-state index is 13.8. The number of benzene rings is 3. The van der Waals surface area contributed by atoms with Crippen LogP contribution in [0.15, 0.2) is 66.7 Å². The van der Waals surface area contributed by atoms with Crippen molar-refractivity contribution < 1.29 is 45.0 Å². The molecule has 1 aliphatic heterocycles. The highest BCUT2D eigenvalue weighted by Gasteiger charge is 2.50. The Morgan fingerprint density at radius 2 is 1.54 bits per heavy atom. The summed E-state index contributed by atoms with van der Waals surface area (Å²) in [7, 11) is -7.01. The summed E-state index contributed by atoms with van der Waals surface area (Å²) >= 11 is 0. The number of amides is 1. The van der Waals surface area contributed by atoms with Crippen LogP contribution in [0, 0.1) is 17.6 Å². The van der Waals surface area contributed by atoms with Crippen LogP contribution in [0.2, 0.25) is 18.1 Å². The summed E-state index contributed by atoms with van der Waals surface area (Å²) in [6.07, 6.45) is 1.19. The Morgan fingerprint density at radius 1 is 0.958 bits per heavy atom. The number of ether oxygens (including phenoxy) is 1. The fourth-order valence-electron chi connectivity index (χ4n) is 5.33. The minimum absolute atomic E-state index is 0. The summed E-state index contributed by atoms with van der Waals surface area (Å²) in [5.74, 6) is -1.22. The number of phenolic OH excluding ortho intramolecular Hbond substituents is 1. The molecule has 264 valence electrons. The van der Waals surface area contributed by atoms with Crippen LogP contribution in [0.3, 0.4) is 0 Å². The van der Waals surface area contributed by atoms with Gasteiger partial charge in [0.1, 0.15) is 23.1 Å². The van der Waals surface area contributed by atoms with Crippen LogP contribution in [-0.4, -0.2) is 45.5 Å². The second-order valence-corrected chi connectivity index (χ2v) is 19.0. The van der Waals surface area contributed by atoms with Gasteiger partial charge in [0.15, 0.2) is 8.32 Å². The van der Waals surface area contributed by atoms with Crippen molar-refractivity contribution in [1.29, 1.82) is 0 Å². The van der Waals surface area contributed by atoms with Gasteiger partial charge in [-0.25, -0.2) is 17.2 Å². The molecule has 1 fully saturated rings. The zero-order valence-electron chi connectivity index (χ0n) is 27.9. The Kier molecular flexibility index (Phi) is 12.9. The van der Waals surface area contributed by atoms with Crippen LogP contribution >= 0.6 is 0 Å². The molecule has 1 aliphatic rings. The van der Waals surface area contributed by atoms with Crippen molar-refractivity contribution >= 4 is 30.3 Å². The predicted octanol–water partition coefficient (Wildman–Crippen LogP) is 7.72. The number of halogens is 2. The van der Waals surface area contributed by atoms with E-state index in [4.69, 9.17) is 9.16 Å². The summed E-state index contributed by atoms with van der Waals surface area (Å²) in [6.45, 7) is 10.6. The minimum atomic E-state index is -4.74. The number of β-lactam (4-membered cyclic amide) rings is 1. The lowest BCUT2D eigenvalue weighted by atomic mass is 9.78. The standard InChI is InChI=1S/C34H43F2NO8SSi.H3N/c1-34(2,3)47(4,5)45-31(23-8-10-24(35)11-9-23)19-18-29-32(37(33(29)39)26-14-12-25(36)13-15-26)28-17-16-27(22-30(28)38)43-20-6-7-21-44-46(40,41)42;/h8-17,22,29,31-32,38H,6-7,18-21H2,1-5H3,(H,40,41,42);1H3/p-1/t29-,31+,32-;/m1./s1. The average molecular weight is 708 g/mol. The first-order chi connectivity index (χ1) is 22.0. The van der Waals surface area contributed by atoms with Crippen LogP contribution in [0.4, 0.5) is 14.5 Å². The molecule has 0 unspecified atom stereocenters. The summed E-state index contributed by atoms with van der Waals surface area (Å²) in [5, 5.41) is 11.1. The fraction of sp³-hybridized carbons (Fsp3) is 0.441. The van der Waals surface area contributed by atoms with E-state index in [-0.39, 0.29) is 54.4 Å². The van der Waals surface area contributed by atoms with E-state index in [0.717, 1.165) is 5.56 Å². The lowest BCUT2D eigenvalue weighted by molar-refractivity contribution is -0.131. The van der Waals surface area contributed by atoms with E-state index in [1.165, 1.54) is 42.5 Å². The van der Waals surface area contributed by atoms with Gasteiger partial charge in [0.2, 0.25) is 16.3 Å². The molecule has 48 heavy (non-hydrogen) atoms. The van der Waals surface area contributed by atoms with E-state index in [0.29, 0.717) is 36.3 Å². The third-order valence-corrected chi connectivity index (χ3v) is 13.8. The van der Waals surface area contributed by atoms with Gasteiger partial charge >= 0.3 is 0 Å². The van der Waals surface area contributed by atoms with E-state index in [1.807, 2.05) is 0 Å². The van der Waals surface area contributed by atoms with Crippen molar-refractivity contribution in [3.05, 3.63) is 89.5 Å². The van der Waals surface area contributed by atoms with Crippen LogP contribution in [0.1, 0.15) is 69.7 Å². The fourth-order valence-corrected chi connectivity index (χ4v) is 6.97. The molecule has 1 heterocycles. The second kappa shape index (κ2) is 15.9. The number of phenols is 1. The first-order valence-corrected chi connectivity index (χ1v) is 19.8. The lowest BCUT2D eigenvalue weighted by Gasteiger charge is -2.48. The number of unbranched alkanes of at least 4 members (excludes halogenated alkanes) is 1. The SMILES string of the molecule is CC(C)(C)[Si](C)(C)O[C@@H](CC[C@H]1C(=O)N(c2ccc(F)cc2)[C@@H]1c1ccc(OCCCCOS(=O)(=O)[O-])cc1O)c1ccc(F)cc1.N. The Bertz CT molecular complexity index is 1630. The molecule has 14 heteroatoms. The van der Waals surface area contributed by atoms with Gasteiger partial charge in [-0.15, -0.1) is 0 Å². The van der Waals surface area contributed by atoms with E-state index < -0.39 is 36.5 Å². The molecule has 0 saturated carbocycles. The molecule has 1 saturated heterocycles. The molecule has 10 nitrogen and oxygen atoms in total. The number of hydrogen-bond donors (Lipinski definition) is 2. The van der Waals surface area contributed by atoms with Crippen molar-refractivity contribution in [2.24, 2.45) is 5.92 Å². The molecule has 0 radical (unpaired) electrons. The molecule has 3 aromatic carbocycles. The Morgan fingerprint density at radius 3 is 2.10 bits per heavy atom. The zero-order chi connectivity index (χ0) is 34.6. The Labute approximate surface area is 282 Å². The predicted molar refractivity (Wildman–Crippen MR) is 180 cm³/mol. The number of rotatable bonds is 15. The minimum Gasteiger partial charge on any atom is -0.726 e. The van der Waals surface area contributed by atoms with Crippen molar-refractivity contribution in [3.8, 4) is 11.5 Å². The number of anilines is 1. The molecule has 1 amide bonds. The summed E-state index contributed by atoms with van der Waals surface area (Å²) in [5.41, 5.74) is 1.80. The summed E-state index contributed by atoms with van der Waals surface area (Å²) < 4.78 is 75.9. The average Bonchev–Trinajstić information content (AvgIpc) is 2.98. The number of aromatic hydroxyl groups is 1. The van der Waals surface area contributed by atoms with Crippen molar-refractivity contribution in [2.75, 3.05) is 18.1 Å². The van der Waals surface area contributed by atoms with E-state index in [1.54, 1.807) is 29.2 Å². The molecule has 4 N–H and O–H groups in total. The number of carbonyl (C=O) groups excluding carboxylic acids is 1. The highest BCUT2D eigenvalue weighted by Crippen LogP contribution is 2.50. The monoisotopic (exact) mass is 707 g/mol. The van der Waals surface area contributed by atoms with Gasteiger partial charge in [-0.05, 0) is 97.9 Å². The van der Waals surface area contributed by atoms with E-state index in [9.17, 15) is 31.7 Å². The van der Waals surface area contributed by atoms with Gasteiger partial charge in [0, 0.05) is 17.3 Å². The third-order valence-electron chi connectivity index (χ3n) is 8.90. The first-order valence-electron chi connectivity index (χ1n) is 15.5. The molecule has 4 rings (SSSR count). The van der Waals surface area contributed by atoms with E-state index >= 15 is 0 Å². The van der Waals surface area contributed by atoms with Crippen molar-refractivity contribution in [1.82, 2.24) is 6.15 Å². The lowest BCUT2D eigenvalue weighted by Crippen LogP contribution is -2.55. The van der Waals surface area contributed by atoms with Crippen molar-refractivity contribution in [2.45, 2.75) is 76.7 Å². The second-order valence-electron chi connectivity index (χ2n) is 13.2. The molecular weight excluding hydrogens is 663 g/mol. The number of nitrogens with zero attached hydrogens (tertiary/aromatic N) is 1. The van der Waals surface area contributed by atoms with Gasteiger partial charge in [-0.1, -0.05) is 32.9 Å². The molecule has 0 aliphatic carbocycles. The molecule has 3 atom stereocenters. The summed E-state index contributed by atoms with van der Waals surface area (Å²) in [4.78, 5) is 15.3. The van der Waals surface area contributed by atoms with E-state index in [2.05, 4.69) is 38.0 Å². The van der Waals surface area contributed by atoms with Crippen molar-refractivity contribution in [3.63, 3.8) is 0 Å². The highest BCUT2D eigenvalue weighted by atomic mass is 32.3. The third kappa shape index (κ3) is 9.83. The molecule has 0 aromatic heterocycles. The van der Waals surface area contributed by atoms with Crippen LogP contribution in [0.25, 0.3) is 0 Å². The molecule has 3 aromatic rings. The quantitative estimate of drug-likeness (QED) is 0.0530. The maximum Gasteiger partial charge on any atom is 0.233 e. The van der Waals surface area contributed by atoms with Gasteiger partial charge in [-0.2, -0.15) is 0 Å². The highest BCUT2D eigenvalue weighted by molar-refractivity contribution is 7.80. The number of carbonyl (C=O) groups is 1. The van der Waals surface area contributed by atoms with Gasteiger partial charge in [0.25, 0.3) is 0 Å². The normalized spacial score (nSPS) is 17.4. The Balaban J connectivity index is 0.00000625. The number of hydrogen-bond acceptors (Lipinski definition) is 9. The topological polar surface area (TPSA) is 160 Å². The van der Waals surface area contributed by atoms with Gasteiger partial charge < -0.3 is 29.9 Å².